The molecule has 0 amide bonds. The minimum Gasteiger partial charge on any atom is -0.249 e. The summed E-state index contributed by atoms with van der Waals surface area (Å²) in [6.45, 7) is 6.42. The average Bonchev–Trinajstić information content (AvgIpc) is 2.64. The van der Waals surface area contributed by atoms with Crippen molar-refractivity contribution in [3.05, 3.63) is 11.9 Å². The fourth-order valence-corrected chi connectivity index (χ4v) is 1.26. The van der Waals surface area contributed by atoms with E-state index in [-0.39, 0.29) is 0 Å². The molecule has 0 radical (unpaired) electrons. The molecule has 0 saturated carbocycles. The number of hydrogen-bond donors (Lipinski definition) is 0. The van der Waals surface area contributed by atoms with E-state index in [9.17, 15) is 0 Å². The highest BCUT2D eigenvalue weighted by atomic mass is 79.9. The largest absolute Gasteiger partial charge is 0.249 e. The van der Waals surface area contributed by atoms with Crippen LogP contribution in [0.5, 0.6) is 0 Å². The quantitative estimate of drug-likeness (QED) is 0.764. The van der Waals surface area contributed by atoms with Gasteiger partial charge in [-0.3, -0.25) is 0 Å². The molecule has 0 aliphatic heterocycles. The molecule has 4 heteroatoms. The number of aromatic nitrogens is 3. The molecule has 3 nitrogen and oxygen atoms in total. The molecule has 0 aliphatic carbocycles. The van der Waals surface area contributed by atoms with Gasteiger partial charge in [0.05, 0.1) is 16.6 Å². The van der Waals surface area contributed by atoms with E-state index in [1.165, 1.54) is 0 Å². The van der Waals surface area contributed by atoms with Gasteiger partial charge in [-0.2, -0.15) is 0 Å². The summed E-state index contributed by atoms with van der Waals surface area (Å²) in [4.78, 5) is 0.338. The van der Waals surface area contributed by atoms with Crippen LogP contribution >= 0.6 is 15.9 Å². The van der Waals surface area contributed by atoms with Crippen molar-refractivity contribution in [2.45, 2.75) is 44.5 Å². The summed E-state index contributed by atoms with van der Waals surface area (Å²) in [5.74, 6) is 0. The lowest BCUT2D eigenvalue weighted by Crippen LogP contribution is -2.03. The zero-order chi connectivity index (χ0) is 9.84. The number of rotatable bonds is 4. The monoisotopic (exact) mass is 245 g/mol. The highest BCUT2D eigenvalue weighted by Crippen LogP contribution is 2.24. The summed E-state index contributed by atoms with van der Waals surface area (Å²) in [7, 11) is 0. The highest BCUT2D eigenvalue weighted by Gasteiger charge is 2.11. The molecule has 74 valence electrons. The maximum atomic E-state index is 4.12. The second kappa shape index (κ2) is 4.74. The standard InChI is InChI=1S/C9H16BrN3/c1-4-7(3)13-6-9(11-12-13)8(10)5-2/h6-8H,4-5H2,1-3H3. The number of hydrogen-bond acceptors (Lipinski definition) is 2. The SMILES string of the molecule is CCC(Br)c1cn(C(C)CC)nn1. The van der Waals surface area contributed by atoms with Crippen LogP contribution in [0.25, 0.3) is 0 Å². The predicted octanol–water partition coefficient (Wildman–Crippen LogP) is 3.10. The van der Waals surface area contributed by atoms with Crippen LogP contribution in [0.2, 0.25) is 0 Å². The molecule has 0 aromatic carbocycles. The van der Waals surface area contributed by atoms with E-state index in [2.05, 4.69) is 47.0 Å². The summed E-state index contributed by atoms with van der Waals surface area (Å²) in [5, 5.41) is 8.21. The molecular formula is C9H16BrN3. The van der Waals surface area contributed by atoms with Crippen molar-refractivity contribution >= 4 is 15.9 Å². The Hall–Kier alpha value is -0.380. The van der Waals surface area contributed by atoms with Gasteiger partial charge in [-0.05, 0) is 19.8 Å². The second-order valence-electron chi connectivity index (χ2n) is 3.26. The van der Waals surface area contributed by atoms with Gasteiger partial charge in [0.15, 0.2) is 0 Å². The zero-order valence-corrected chi connectivity index (χ0v) is 9.95. The lowest BCUT2D eigenvalue weighted by molar-refractivity contribution is 0.464. The van der Waals surface area contributed by atoms with Gasteiger partial charge < -0.3 is 0 Å². The van der Waals surface area contributed by atoms with Gasteiger partial charge in [0.1, 0.15) is 0 Å². The number of alkyl halides is 1. The molecule has 1 aromatic rings. The summed E-state index contributed by atoms with van der Waals surface area (Å²) < 4.78 is 1.93. The first kappa shape index (κ1) is 10.7. The third-order valence-electron chi connectivity index (χ3n) is 2.25. The number of halogens is 1. The summed E-state index contributed by atoms with van der Waals surface area (Å²) in [6, 6.07) is 0.442. The van der Waals surface area contributed by atoms with Crippen LogP contribution in [0.15, 0.2) is 6.20 Å². The van der Waals surface area contributed by atoms with Crippen molar-refractivity contribution in [1.29, 1.82) is 0 Å². The van der Waals surface area contributed by atoms with Gasteiger partial charge in [0.2, 0.25) is 0 Å². The summed E-state index contributed by atoms with van der Waals surface area (Å²) in [5.41, 5.74) is 1.03. The fraction of sp³-hybridized carbons (Fsp3) is 0.778. The first-order chi connectivity index (χ1) is 6.19. The van der Waals surface area contributed by atoms with E-state index < -0.39 is 0 Å². The normalized spacial score (nSPS) is 15.7. The lowest BCUT2D eigenvalue weighted by Gasteiger charge is -2.06. The Morgan fingerprint density at radius 3 is 2.69 bits per heavy atom. The van der Waals surface area contributed by atoms with Crippen LogP contribution in [-0.4, -0.2) is 15.0 Å². The number of nitrogens with zero attached hydrogens (tertiary/aromatic N) is 3. The molecule has 0 bridgehead atoms. The molecule has 1 rings (SSSR count). The van der Waals surface area contributed by atoms with Gasteiger partial charge in [0.25, 0.3) is 0 Å². The Kier molecular flexibility index (Phi) is 3.90. The van der Waals surface area contributed by atoms with Crippen LogP contribution in [0, 0.1) is 0 Å². The van der Waals surface area contributed by atoms with Crippen LogP contribution in [-0.2, 0) is 0 Å². The smallest absolute Gasteiger partial charge is 0.0963 e. The third kappa shape index (κ3) is 2.53. The van der Waals surface area contributed by atoms with Crippen molar-refractivity contribution in [3.63, 3.8) is 0 Å². The van der Waals surface area contributed by atoms with Gasteiger partial charge in [-0.25, -0.2) is 4.68 Å². The Bertz CT molecular complexity index is 235. The minimum absolute atomic E-state index is 0.338. The van der Waals surface area contributed by atoms with E-state index in [1.54, 1.807) is 0 Å². The van der Waals surface area contributed by atoms with Crippen molar-refractivity contribution in [2.75, 3.05) is 0 Å². The molecule has 2 atom stereocenters. The molecule has 0 spiro atoms. The second-order valence-corrected chi connectivity index (χ2v) is 4.36. The van der Waals surface area contributed by atoms with E-state index in [1.807, 2.05) is 10.9 Å². The Balaban J connectivity index is 2.74. The van der Waals surface area contributed by atoms with Gasteiger partial charge in [-0.1, -0.05) is 35.0 Å². The van der Waals surface area contributed by atoms with E-state index in [0.29, 0.717) is 10.9 Å². The topological polar surface area (TPSA) is 30.7 Å². The third-order valence-corrected chi connectivity index (χ3v) is 3.37. The maximum Gasteiger partial charge on any atom is 0.0963 e. The van der Waals surface area contributed by atoms with Crippen molar-refractivity contribution in [2.24, 2.45) is 0 Å². The van der Waals surface area contributed by atoms with Gasteiger partial charge >= 0.3 is 0 Å². The Labute approximate surface area is 87.6 Å². The maximum absolute atomic E-state index is 4.12. The van der Waals surface area contributed by atoms with E-state index in [0.717, 1.165) is 18.5 Å². The van der Waals surface area contributed by atoms with Gasteiger partial charge in [-0.15, -0.1) is 5.10 Å². The van der Waals surface area contributed by atoms with Crippen molar-refractivity contribution in [1.82, 2.24) is 15.0 Å². The zero-order valence-electron chi connectivity index (χ0n) is 8.37. The lowest BCUT2D eigenvalue weighted by atomic mass is 10.2. The molecule has 0 N–H and O–H groups in total. The van der Waals surface area contributed by atoms with E-state index >= 15 is 0 Å². The first-order valence-electron chi connectivity index (χ1n) is 4.74. The molecule has 13 heavy (non-hydrogen) atoms. The molecule has 0 saturated heterocycles. The molecule has 2 unspecified atom stereocenters. The van der Waals surface area contributed by atoms with Crippen LogP contribution in [0.4, 0.5) is 0 Å². The van der Waals surface area contributed by atoms with Crippen LogP contribution in [0.1, 0.15) is 50.2 Å². The van der Waals surface area contributed by atoms with E-state index in [4.69, 9.17) is 0 Å². The van der Waals surface area contributed by atoms with Crippen LogP contribution < -0.4 is 0 Å². The first-order valence-corrected chi connectivity index (χ1v) is 5.66. The van der Waals surface area contributed by atoms with Gasteiger partial charge in [0, 0.05) is 6.20 Å². The molecule has 0 aliphatic rings. The van der Waals surface area contributed by atoms with Crippen molar-refractivity contribution < 1.29 is 0 Å². The molecule has 1 aromatic heterocycles. The van der Waals surface area contributed by atoms with Crippen molar-refractivity contribution in [3.8, 4) is 0 Å². The fourth-order valence-electron chi connectivity index (χ4n) is 1.05. The molecule has 1 heterocycles. The Morgan fingerprint density at radius 2 is 2.15 bits per heavy atom. The minimum atomic E-state index is 0.338. The predicted molar refractivity (Wildman–Crippen MR) is 57.0 cm³/mol. The highest BCUT2D eigenvalue weighted by molar-refractivity contribution is 9.09. The Morgan fingerprint density at radius 1 is 1.46 bits per heavy atom. The van der Waals surface area contributed by atoms with Crippen LogP contribution in [0.3, 0.4) is 0 Å². The summed E-state index contributed by atoms with van der Waals surface area (Å²) in [6.07, 6.45) is 4.15. The average molecular weight is 246 g/mol. The summed E-state index contributed by atoms with van der Waals surface area (Å²) >= 11 is 3.55. The molecular weight excluding hydrogens is 230 g/mol. The molecule has 0 fully saturated rings.